The molecule has 2 aromatic carbocycles. The molecule has 3 aromatic rings. The number of nitrogens with one attached hydrogen (secondary N) is 3. The van der Waals surface area contributed by atoms with Crippen LogP contribution in [-0.4, -0.2) is 37.1 Å². The van der Waals surface area contributed by atoms with Gasteiger partial charge in [-0.1, -0.05) is 48.0 Å². The molecule has 0 unspecified atom stereocenters. The van der Waals surface area contributed by atoms with Crippen LogP contribution in [0.5, 0.6) is 0 Å². The summed E-state index contributed by atoms with van der Waals surface area (Å²) in [6.45, 7) is 8.83. The Morgan fingerprint density at radius 2 is 1.63 bits per heavy atom. The van der Waals surface area contributed by atoms with Crippen LogP contribution >= 0.6 is 11.3 Å². The number of nitrogens with zero attached hydrogens (tertiary/aromatic N) is 1. The van der Waals surface area contributed by atoms with E-state index in [-0.39, 0.29) is 5.91 Å². The first kappa shape index (κ1) is 20.7. The predicted molar refractivity (Wildman–Crippen MR) is 121 cm³/mol. The number of thiazole rings is 1. The van der Waals surface area contributed by atoms with Gasteiger partial charge in [-0.05, 0) is 19.1 Å². The van der Waals surface area contributed by atoms with Crippen molar-refractivity contribution in [3.8, 4) is 0 Å². The van der Waals surface area contributed by atoms with Crippen molar-refractivity contribution in [3.05, 3.63) is 81.8 Å². The van der Waals surface area contributed by atoms with Crippen molar-refractivity contribution >= 4 is 22.9 Å². The largest absolute Gasteiger partial charge is 0.326 e. The molecule has 3 N–H and O–H groups in total. The zero-order valence-electron chi connectivity index (χ0n) is 17.5. The zero-order chi connectivity index (χ0) is 20.8. The van der Waals surface area contributed by atoms with Crippen LogP contribution in [0.25, 0.3) is 0 Å². The minimum absolute atomic E-state index is 0.00905. The van der Waals surface area contributed by atoms with Gasteiger partial charge >= 0.3 is 0 Å². The summed E-state index contributed by atoms with van der Waals surface area (Å²) in [5.41, 5.74) is 4.55. The lowest BCUT2D eigenvalue weighted by atomic mass is 10.2. The predicted octanol–water partition coefficient (Wildman–Crippen LogP) is 1.12. The Kier molecular flexibility index (Phi) is 6.89. The quantitative estimate of drug-likeness (QED) is 0.534. The molecule has 0 aliphatic carbocycles. The Morgan fingerprint density at radius 1 is 0.967 bits per heavy atom. The highest BCUT2D eigenvalue weighted by Gasteiger charge is 2.24. The third-order valence-corrected chi connectivity index (χ3v) is 6.54. The molecule has 156 valence electrons. The SMILES string of the molecule is Cc1ccc(NC(=O)Cc2nc(C[NH+]3CC[NH+](Cc4ccccc4)CC3)cs2)cc1. The van der Waals surface area contributed by atoms with Gasteiger partial charge in [-0.15, -0.1) is 11.3 Å². The lowest BCUT2D eigenvalue weighted by Crippen LogP contribution is -3.27. The van der Waals surface area contributed by atoms with Crippen molar-refractivity contribution in [1.29, 1.82) is 0 Å². The second kappa shape index (κ2) is 9.98. The Balaban J connectivity index is 1.22. The first-order valence-electron chi connectivity index (χ1n) is 10.6. The van der Waals surface area contributed by atoms with Crippen LogP contribution in [0.4, 0.5) is 5.69 Å². The molecule has 1 aromatic heterocycles. The van der Waals surface area contributed by atoms with Gasteiger partial charge in [-0.25, -0.2) is 4.98 Å². The van der Waals surface area contributed by atoms with Crippen LogP contribution in [0.2, 0.25) is 0 Å². The molecule has 6 heteroatoms. The molecule has 2 heterocycles. The molecule has 5 nitrogen and oxygen atoms in total. The molecule has 1 fully saturated rings. The molecule has 0 spiro atoms. The van der Waals surface area contributed by atoms with Crippen LogP contribution in [0.3, 0.4) is 0 Å². The van der Waals surface area contributed by atoms with E-state index in [2.05, 4.69) is 41.0 Å². The fourth-order valence-corrected chi connectivity index (χ4v) is 4.73. The fraction of sp³-hybridized carbons (Fsp3) is 0.333. The minimum atomic E-state index is -0.00905. The van der Waals surface area contributed by atoms with Gasteiger partial charge in [0.15, 0.2) is 0 Å². The topological polar surface area (TPSA) is 50.9 Å². The average molecular weight is 423 g/mol. The van der Waals surface area contributed by atoms with E-state index < -0.39 is 0 Å². The first-order valence-corrected chi connectivity index (χ1v) is 11.5. The molecular weight excluding hydrogens is 392 g/mol. The van der Waals surface area contributed by atoms with Gasteiger partial charge in [0.25, 0.3) is 0 Å². The maximum absolute atomic E-state index is 12.3. The number of quaternary nitrogens is 2. The molecule has 1 aliphatic rings. The third kappa shape index (κ3) is 5.98. The lowest BCUT2D eigenvalue weighted by Gasteiger charge is -2.29. The van der Waals surface area contributed by atoms with Crippen LogP contribution in [0.1, 0.15) is 21.8 Å². The average Bonchev–Trinajstić information content (AvgIpc) is 3.18. The number of carbonyl (C=O) groups is 1. The number of rotatable bonds is 7. The number of anilines is 1. The summed E-state index contributed by atoms with van der Waals surface area (Å²) in [7, 11) is 0. The van der Waals surface area contributed by atoms with E-state index in [1.807, 2.05) is 31.2 Å². The van der Waals surface area contributed by atoms with Gasteiger partial charge in [0.2, 0.25) is 5.91 Å². The van der Waals surface area contributed by atoms with Gasteiger partial charge in [0, 0.05) is 16.6 Å². The molecule has 1 amide bonds. The summed E-state index contributed by atoms with van der Waals surface area (Å²) in [4.78, 5) is 20.3. The van der Waals surface area contributed by atoms with Crippen molar-refractivity contribution in [2.45, 2.75) is 26.4 Å². The van der Waals surface area contributed by atoms with Gasteiger partial charge in [-0.2, -0.15) is 0 Å². The van der Waals surface area contributed by atoms with Gasteiger partial charge in [-0.3, -0.25) is 4.79 Å². The van der Waals surface area contributed by atoms with Crippen LogP contribution in [0.15, 0.2) is 60.0 Å². The van der Waals surface area contributed by atoms with E-state index in [0.29, 0.717) is 6.42 Å². The summed E-state index contributed by atoms with van der Waals surface area (Å²) >= 11 is 1.59. The first-order chi connectivity index (χ1) is 14.6. The molecule has 1 saturated heterocycles. The van der Waals surface area contributed by atoms with Crippen LogP contribution < -0.4 is 15.1 Å². The summed E-state index contributed by atoms with van der Waals surface area (Å²) in [6.07, 6.45) is 0.336. The van der Waals surface area contributed by atoms with E-state index in [9.17, 15) is 4.79 Å². The highest BCUT2D eigenvalue weighted by atomic mass is 32.1. The molecule has 0 bridgehead atoms. The number of hydrogen-bond acceptors (Lipinski definition) is 3. The van der Waals surface area contributed by atoms with Gasteiger partial charge in [0.1, 0.15) is 50.0 Å². The molecule has 0 atom stereocenters. The molecule has 1 aliphatic heterocycles. The number of aromatic nitrogens is 1. The van der Waals surface area contributed by atoms with Crippen LogP contribution in [-0.2, 0) is 24.3 Å². The Morgan fingerprint density at radius 3 is 2.33 bits per heavy atom. The van der Waals surface area contributed by atoms with Crippen LogP contribution in [0, 0.1) is 6.92 Å². The number of carbonyl (C=O) groups excluding carboxylic acids is 1. The minimum Gasteiger partial charge on any atom is -0.326 e. The van der Waals surface area contributed by atoms with E-state index in [1.54, 1.807) is 21.1 Å². The molecule has 0 saturated carbocycles. The van der Waals surface area contributed by atoms with Crippen molar-refractivity contribution in [2.24, 2.45) is 0 Å². The summed E-state index contributed by atoms with van der Waals surface area (Å²) < 4.78 is 0. The normalized spacial score (nSPS) is 18.8. The second-order valence-electron chi connectivity index (χ2n) is 8.16. The van der Waals surface area contributed by atoms with Gasteiger partial charge < -0.3 is 15.1 Å². The molecule has 30 heavy (non-hydrogen) atoms. The number of aryl methyl sites for hydroxylation is 1. The summed E-state index contributed by atoms with van der Waals surface area (Å²) in [5, 5.41) is 5.96. The Labute approximate surface area is 182 Å². The fourth-order valence-electron chi connectivity index (χ4n) is 3.94. The van der Waals surface area contributed by atoms with Gasteiger partial charge in [0.05, 0.1) is 6.42 Å². The maximum atomic E-state index is 12.3. The monoisotopic (exact) mass is 422 g/mol. The molecule has 4 rings (SSSR count). The molecular formula is C24H30N4OS+2. The van der Waals surface area contributed by atoms with E-state index in [0.717, 1.165) is 29.5 Å². The van der Waals surface area contributed by atoms with E-state index in [4.69, 9.17) is 4.98 Å². The lowest BCUT2D eigenvalue weighted by molar-refractivity contribution is -1.02. The number of benzene rings is 2. The highest BCUT2D eigenvalue weighted by molar-refractivity contribution is 7.09. The van der Waals surface area contributed by atoms with Crippen molar-refractivity contribution in [1.82, 2.24) is 4.98 Å². The van der Waals surface area contributed by atoms with Crippen molar-refractivity contribution in [2.75, 3.05) is 31.5 Å². The number of amides is 1. The Hall–Kier alpha value is -2.54. The Bertz CT molecular complexity index is 947. The number of piperazine rings is 1. The van der Waals surface area contributed by atoms with E-state index in [1.165, 1.54) is 37.3 Å². The van der Waals surface area contributed by atoms with Crippen molar-refractivity contribution < 1.29 is 14.6 Å². The smallest absolute Gasteiger partial charge is 0.231 e. The standard InChI is InChI=1S/C24H28N4OS/c1-19-7-9-21(10-8-19)25-23(29)15-24-26-22(18-30-24)17-28-13-11-27(12-14-28)16-20-5-3-2-4-6-20/h2-10,18H,11-17H2,1H3,(H,25,29)/p+2. The zero-order valence-corrected chi connectivity index (χ0v) is 18.3. The summed E-state index contributed by atoms with van der Waals surface area (Å²) in [5.74, 6) is -0.00905. The second-order valence-corrected chi connectivity index (χ2v) is 9.11. The number of hydrogen-bond donors (Lipinski definition) is 3. The summed E-state index contributed by atoms with van der Waals surface area (Å²) in [6, 6.07) is 18.6. The highest BCUT2D eigenvalue weighted by Crippen LogP contribution is 2.12. The maximum Gasteiger partial charge on any atom is 0.231 e. The van der Waals surface area contributed by atoms with Crippen molar-refractivity contribution in [3.63, 3.8) is 0 Å². The van der Waals surface area contributed by atoms with E-state index >= 15 is 0 Å². The molecule has 0 radical (unpaired) electrons. The third-order valence-electron chi connectivity index (χ3n) is 5.64.